The molecule has 4 heterocycles. The molecular weight excluding hydrogens is 572 g/mol. The highest BCUT2D eigenvalue weighted by Gasteiger charge is 2.51. The number of rotatable bonds is 11. The van der Waals surface area contributed by atoms with Gasteiger partial charge in [0.25, 0.3) is 0 Å². The molecule has 5 N–H and O–H groups in total. The third kappa shape index (κ3) is 5.49. The van der Waals surface area contributed by atoms with Gasteiger partial charge in [-0.05, 0) is 50.5 Å². The maximum atomic E-state index is 12.7. The minimum atomic E-state index is -2.31. The first-order chi connectivity index (χ1) is 21.0. The van der Waals surface area contributed by atoms with E-state index in [9.17, 15) is 30.3 Å². The zero-order valence-electron chi connectivity index (χ0n) is 24.9. The fourth-order valence-electron chi connectivity index (χ4n) is 6.96. The Hall–Kier alpha value is -3.10. The second kappa shape index (κ2) is 12.0. The van der Waals surface area contributed by atoms with Gasteiger partial charge in [-0.3, -0.25) is 9.79 Å². The molecule has 3 aliphatic heterocycles. The van der Waals surface area contributed by atoms with Crippen molar-refractivity contribution in [1.82, 2.24) is 4.90 Å². The van der Waals surface area contributed by atoms with E-state index in [1.807, 2.05) is 13.0 Å². The molecule has 0 radical (unpaired) electrons. The van der Waals surface area contributed by atoms with Crippen molar-refractivity contribution in [3.63, 3.8) is 0 Å². The van der Waals surface area contributed by atoms with Gasteiger partial charge in [0.15, 0.2) is 5.43 Å². The lowest BCUT2D eigenvalue weighted by molar-refractivity contribution is -0.368. The molecule has 44 heavy (non-hydrogen) atoms. The Kier molecular flexibility index (Phi) is 8.44. The highest BCUT2D eigenvalue weighted by Crippen LogP contribution is 2.46. The summed E-state index contributed by atoms with van der Waals surface area (Å²) in [4.78, 5) is 30.2. The highest BCUT2D eigenvalue weighted by atomic mass is 17.2. The second-order valence-electron chi connectivity index (χ2n) is 12.5. The molecule has 6 rings (SSSR count). The van der Waals surface area contributed by atoms with E-state index in [1.165, 1.54) is 6.07 Å². The van der Waals surface area contributed by atoms with Crippen molar-refractivity contribution in [2.24, 2.45) is 10.9 Å². The maximum Gasteiger partial charge on any atom is 0.192 e. The average Bonchev–Trinajstić information content (AvgIpc) is 3.77. The molecule has 1 saturated carbocycles. The average molecular weight is 613 g/mol. The van der Waals surface area contributed by atoms with E-state index < -0.39 is 48.8 Å². The van der Waals surface area contributed by atoms with Crippen LogP contribution < -0.4 is 10.2 Å². The summed E-state index contributed by atoms with van der Waals surface area (Å²) in [5.74, 6) is 1.28. The number of aryl methyl sites for hydroxylation is 1. The number of benzene rings is 1. The number of β-amino-alcohol motifs (C(OH)–C–C–N with tert-alkyl or cyclic N) is 1. The minimum absolute atomic E-state index is 0.157. The molecule has 0 spiro atoms. The Balaban J connectivity index is 1.21. The Labute approximate surface area is 254 Å². The summed E-state index contributed by atoms with van der Waals surface area (Å²) in [5, 5.41) is 53.8. The van der Waals surface area contributed by atoms with Crippen LogP contribution in [-0.4, -0.2) is 98.6 Å². The number of aliphatic hydroxyl groups is 5. The van der Waals surface area contributed by atoms with Crippen LogP contribution in [0.4, 0.5) is 0 Å². The summed E-state index contributed by atoms with van der Waals surface area (Å²) >= 11 is 0. The molecule has 1 fully saturated rings. The van der Waals surface area contributed by atoms with Gasteiger partial charge >= 0.3 is 0 Å². The van der Waals surface area contributed by atoms with Crippen molar-refractivity contribution >= 4 is 17.2 Å². The number of fused-ring (bicyclic) bond motifs is 3. The first-order valence-corrected chi connectivity index (χ1v) is 15.2. The molecule has 1 aromatic heterocycles. The summed E-state index contributed by atoms with van der Waals surface area (Å²) in [6.07, 6.45) is 3.56. The standard InChI is InChI=1S/C32H40N2O10/c1-18-11-24(36)21-12-19-13-29(31(2,20-5-3-4-6-20)43-26(19)14-27(21)42-18)44-41-16-28(38)32(40,30(39)25(37)15-35)17-34-10-8-22-23(34)7-9-33-22/h7-9,11-12,14,20,25,28-30,35,37-40H,3-6,10,13,15-17H2,1-2H3/t25-,28+,29-,30-,31-,32-/m1/s1. The zero-order valence-corrected chi connectivity index (χ0v) is 24.9. The first kappa shape index (κ1) is 30.9. The monoisotopic (exact) mass is 612 g/mol. The van der Waals surface area contributed by atoms with E-state index in [-0.39, 0.29) is 17.9 Å². The Morgan fingerprint density at radius 2 is 1.98 bits per heavy atom. The molecule has 238 valence electrons. The summed E-state index contributed by atoms with van der Waals surface area (Å²) in [6, 6.07) is 4.95. The van der Waals surface area contributed by atoms with E-state index in [4.69, 9.17) is 18.9 Å². The van der Waals surface area contributed by atoms with Crippen LogP contribution in [0.3, 0.4) is 0 Å². The smallest absolute Gasteiger partial charge is 0.192 e. The molecule has 12 heteroatoms. The number of aliphatic hydroxyl groups excluding tert-OH is 4. The number of nitrogens with zero attached hydrogens (tertiary/aromatic N) is 2. The van der Waals surface area contributed by atoms with Gasteiger partial charge in [0, 0.05) is 37.2 Å². The summed E-state index contributed by atoms with van der Waals surface area (Å²) < 4.78 is 12.4. The SMILES string of the molecule is Cc1cc(=O)c2cc3c(cc2o1)O[C@](C)(C1CCCC1)[C@H](OOC[C@H](O)[C@](O)(CN1CC=C2N=CC=C21)[C@H](O)[C@H](O)CO)C3. The zero-order chi connectivity index (χ0) is 31.2. The molecule has 12 nitrogen and oxygen atoms in total. The van der Waals surface area contributed by atoms with Crippen molar-refractivity contribution in [2.75, 3.05) is 26.3 Å². The predicted octanol–water partition coefficient (Wildman–Crippen LogP) is 1.28. The van der Waals surface area contributed by atoms with E-state index in [1.54, 1.807) is 36.2 Å². The van der Waals surface area contributed by atoms with Crippen LogP contribution in [0.2, 0.25) is 0 Å². The van der Waals surface area contributed by atoms with Crippen molar-refractivity contribution in [3.05, 3.63) is 63.3 Å². The van der Waals surface area contributed by atoms with Gasteiger partial charge in [0.05, 0.1) is 29.9 Å². The lowest BCUT2D eigenvalue weighted by Crippen LogP contribution is -2.63. The fraction of sp³-hybridized carbons (Fsp3) is 0.562. The van der Waals surface area contributed by atoms with Crippen molar-refractivity contribution in [3.8, 4) is 5.75 Å². The van der Waals surface area contributed by atoms with Crippen LogP contribution in [0.15, 0.2) is 55.9 Å². The molecule has 1 aliphatic carbocycles. The van der Waals surface area contributed by atoms with Crippen LogP contribution in [0.25, 0.3) is 11.0 Å². The Morgan fingerprint density at radius 1 is 1.20 bits per heavy atom. The second-order valence-corrected chi connectivity index (χ2v) is 12.5. The molecule has 4 aliphatic rings. The number of aliphatic imine (C=N–C) groups is 1. The quantitative estimate of drug-likeness (QED) is 0.183. The molecule has 0 unspecified atom stereocenters. The fourth-order valence-corrected chi connectivity index (χ4v) is 6.96. The highest BCUT2D eigenvalue weighted by molar-refractivity contribution is 5.80. The van der Waals surface area contributed by atoms with Crippen molar-refractivity contribution in [1.29, 1.82) is 0 Å². The van der Waals surface area contributed by atoms with Gasteiger partial charge in [0.1, 0.15) is 59.3 Å². The molecule has 0 saturated heterocycles. The van der Waals surface area contributed by atoms with Crippen LogP contribution in [0, 0.1) is 12.8 Å². The normalized spacial score (nSPS) is 26.5. The minimum Gasteiger partial charge on any atom is -0.484 e. The Bertz CT molecular complexity index is 1550. The molecule has 1 aromatic carbocycles. The maximum absolute atomic E-state index is 12.7. The van der Waals surface area contributed by atoms with E-state index in [0.717, 1.165) is 31.2 Å². The lowest BCUT2D eigenvalue weighted by Gasteiger charge is -2.45. The van der Waals surface area contributed by atoms with Gasteiger partial charge in [-0.25, -0.2) is 9.78 Å². The van der Waals surface area contributed by atoms with E-state index in [2.05, 4.69) is 4.99 Å². The molecule has 6 atom stereocenters. The van der Waals surface area contributed by atoms with Gasteiger partial charge in [0.2, 0.25) is 0 Å². The first-order valence-electron chi connectivity index (χ1n) is 15.2. The van der Waals surface area contributed by atoms with Crippen LogP contribution in [-0.2, 0) is 16.2 Å². The third-order valence-corrected chi connectivity index (χ3v) is 9.62. The van der Waals surface area contributed by atoms with Crippen LogP contribution >= 0.6 is 0 Å². The van der Waals surface area contributed by atoms with Crippen molar-refractivity contribution in [2.45, 2.75) is 81.6 Å². The van der Waals surface area contributed by atoms with Gasteiger partial charge in [-0.2, -0.15) is 0 Å². The summed E-state index contributed by atoms with van der Waals surface area (Å²) in [5.41, 5.74) is -0.653. The van der Waals surface area contributed by atoms with Gasteiger partial charge in [-0.1, -0.05) is 12.8 Å². The van der Waals surface area contributed by atoms with E-state index >= 15 is 0 Å². The molecule has 0 bridgehead atoms. The molecule has 2 aromatic rings. The topological polar surface area (TPSA) is 175 Å². The molecular formula is C32H40N2O10. The predicted molar refractivity (Wildman–Crippen MR) is 159 cm³/mol. The van der Waals surface area contributed by atoms with Gasteiger partial charge < -0.3 is 39.6 Å². The number of allylic oxidation sites excluding steroid dienone is 1. The van der Waals surface area contributed by atoms with E-state index in [0.29, 0.717) is 46.8 Å². The lowest BCUT2D eigenvalue weighted by atomic mass is 9.78. The number of ether oxygens (including phenoxy) is 1. The van der Waals surface area contributed by atoms with Crippen LogP contribution in [0.5, 0.6) is 5.75 Å². The largest absolute Gasteiger partial charge is 0.484 e. The third-order valence-electron chi connectivity index (χ3n) is 9.62. The van der Waals surface area contributed by atoms with Crippen LogP contribution in [0.1, 0.15) is 43.9 Å². The van der Waals surface area contributed by atoms with Crippen molar-refractivity contribution < 1.29 is 44.5 Å². The number of hydrogen-bond acceptors (Lipinski definition) is 12. The summed E-state index contributed by atoms with van der Waals surface area (Å²) in [7, 11) is 0. The van der Waals surface area contributed by atoms with Gasteiger partial charge in [-0.15, -0.1) is 0 Å². The number of hydrogen-bond donors (Lipinski definition) is 5. The Morgan fingerprint density at radius 3 is 2.73 bits per heavy atom. The molecule has 0 amide bonds. The summed E-state index contributed by atoms with van der Waals surface area (Å²) in [6.45, 7) is 2.41.